The van der Waals surface area contributed by atoms with Gasteiger partial charge in [0.25, 0.3) is 5.91 Å². The lowest BCUT2D eigenvalue weighted by atomic mass is 10.2. The topological polar surface area (TPSA) is 111 Å². The zero-order valence-electron chi connectivity index (χ0n) is 10.3. The number of hydrogen-bond acceptors (Lipinski definition) is 5. The largest absolute Gasteiger partial charge is 0.381 e. The van der Waals surface area contributed by atoms with E-state index < -0.39 is 34.0 Å². The minimum atomic E-state index is -1.12. The summed E-state index contributed by atoms with van der Waals surface area (Å²) in [7, 11) is 0. The Kier molecular flexibility index (Phi) is 3.74. The summed E-state index contributed by atoms with van der Waals surface area (Å²) in [6.07, 6.45) is 1.14. The molecule has 0 radical (unpaired) electrons. The summed E-state index contributed by atoms with van der Waals surface area (Å²) < 4.78 is 27.0. The average Bonchev–Trinajstić information content (AvgIpc) is 2.41. The molecule has 21 heavy (non-hydrogen) atoms. The Balaban J connectivity index is 2.26. The molecule has 0 unspecified atom stereocenters. The van der Waals surface area contributed by atoms with Crippen LogP contribution in [0.2, 0.25) is 0 Å². The quantitative estimate of drug-likeness (QED) is 0.665. The first-order valence-electron chi connectivity index (χ1n) is 5.55. The normalized spacial score (nSPS) is 10.2. The predicted octanol–water partition coefficient (Wildman–Crippen LogP) is 2.10. The second kappa shape index (κ2) is 5.49. The summed E-state index contributed by atoms with van der Waals surface area (Å²) in [5.74, 6) is -3.45. The number of anilines is 2. The van der Waals surface area contributed by atoms with Gasteiger partial charge >= 0.3 is 5.69 Å². The average molecular weight is 294 g/mol. The number of amides is 1. The number of hydrogen-bond donors (Lipinski definition) is 2. The molecule has 0 saturated carbocycles. The molecule has 2 rings (SSSR count). The number of benzene rings is 1. The van der Waals surface area contributed by atoms with E-state index in [0.29, 0.717) is 0 Å². The van der Waals surface area contributed by atoms with Crippen LogP contribution in [-0.4, -0.2) is 15.8 Å². The molecule has 0 saturated heterocycles. The Morgan fingerprint density at radius 1 is 1.33 bits per heavy atom. The van der Waals surface area contributed by atoms with Gasteiger partial charge in [0.2, 0.25) is 5.82 Å². The van der Waals surface area contributed by atoms with Crippen LogP contribution in [0.3, 0.4) is 0 Å². The van der Waals surface area contributed by atoms with Crippen LogP contribution in [0.4, 0.5) is 26.0 Å². The number of halogens is 2. The van der Waals surface area contributed by atoms with E-state index in [1.807, 2.05) is 0 Å². The number of carbonyl (C=O) groups excluding carboxylic acids is 1. The van der Waals surface area contributed by atoms with Crippen molar-refractivity contribution < 1.29 is 18.5 Å². The lowest BCUT2D eigenvalue weighted by molar-refractivity contribution is -0.387. The zero-order chi connectivity index (χ0) is 15.6. The first-order chi connectivity index (χ1) is 9.90. The molecule has 108 valence electrons. The predicted molar refractivity (Wildman–Crippen MR) is 69.6 cm³/mol. The van der Waals surface area contributed by atoms with Crippen molar-refractivity contribution in [3.05, 3.63) is 57.8 Å². The van der Waals surface area contributed by atoms with E-state index in [2.05, 4.69) is 10.3 Å². The molecule has 0 aliphatic carbocycles. The SMILES string of the molecule is Nc1nccc(C(=O)Nc2ccc([N+](=O)[O-])c(F)c2)c1F. The molecule has 7 nitrogen and oxygen atoms in total. The molecule has 3 N–H and O–H groups in total. The number of carbonyl (C=O) groups is 1. The van der Waals surface area contributed by atoms with E-state index >= 15 is 0 Å². The van der Waals surface area contributed by atoms with Gasteiger partial charge in [0, 0.05) is 24.0 Å². The van der Waals surface area contributed by atoms with Crippen LogP contribution in [0.15, 0.2) is 30.5 Å². The van der Waals surface area contributed by atoms with Gasteiger partial charge in [-0.15, -0.1) is 0 Å². The second-order valence-electron chi connectivity index (χ2n) is 3.94. The molecule has 0 aliphatic rings. The molecule has 1 aromatic heterocycles. The Morgan fingerprint density at radius 2 is 2.05 bits per heavy atom. The summed E-state index contributed by atoms with van der Waals surface area (Å²) >= 11 is 0. The van der Waals surface area contributed by atoms with E-state index in [-0.39, 0.29) is 11.3 Å². The van der Waals surface area contributed by atoms with E-state index in [1.165, 1.54) is 0 Å². The summed E-state index contributed by atoms with van der Waals surface area (Å²) in [4.78, 5) is 24.9. The maximum absolute atomic E-state index is 13.6. The Hall–Kier alpha value is -3.10. The molecule has 0 fully saturated rings. The highest BCUT2D eigenvalue weighted by atomic mass is 19.1. The van der Waals surface area contributed by atoms with Crippen LogP contribution in [0.25, 0.3) is 0 Å². The molecule has 0 bridgehead atoms. The number of rotatable bonds is 3. The number of nitro groups is 1. The number of nitro benzene ring substituents is 1. The van der Waals surface area contributed by atoms with Crippen molar-refractivity contribution in [1.29, 1.82) is 0 Å². The lowest BCUT2D eigenvalue weighted by Crippen LogP contribution is -2.15. The van der Waals surface area contributed by atoms with E-state index in [0.717, 1.165) is 30.5 Å². The van der Waals surface area contributed by atoms with Crippen LogP contribution in [0, 0.1) is 21.7 Å². The van der Waals surface area contributed by atoms with Gasteiger partial charge in [0.15, 0.2) is 11.6 Å². The molecule has 1 heterocycles. The van der Waals surface area contributed by atoms with Crippen molar-refractivity contribution in [2.75, 3.05) is 11.1 Å². The Morgan fingerprint density at radius 3 is 2.67 bits per heavy atom. The van der Waals surface area contributed by atoms with Gasteiger partial charge in [0.05, 0.1) is 10.5 Å². The molecular formula is C12H8F2N4O3. The van der Waals surface area contributed by atoms with Gasteiger partial charge in [-0.1, -0.05) is 0 Å². The fourth-order valence-corrected chi connectivity index (χ4v) is 1.57. The van der Waals surface area contributed by atoms with E-state index in [4.69, 9.17) is 5.73 Å². The summed E-state index contributed by atoms with van der Waals surface area (Å²) in [6.45, 7) is 0. The molecule has 0 spiro atoms. The zero-order valence-corrected chi connectivity index (χ0v) is 10.3. The van der Waals surface area contributed by atoms with E-state index in [1.54, 1.807) is 0 Å². The summed E-state index contributed by atoms with van der Waals surface area (Å²) in [5, 5.41) is 12.7. The fraction of sp³-hybridized carbons (Fsp3) is 0. The van der Waals surface area contributed by atoms with Crippen LogP contribution < -0.4 is 11.1 Å². The standard InChI is InChI=1S/C12H8F2N4O3/c13-8-5-6(1-2-9(8)18(20)21)17-12(19)7-3-4-16-11(15)10(7)14/h1-5H,(H2,15,16)(H,17,19). The lowest BCUT2D eigenvalue weighted by Gasteiger charge is -2.07. The number of nitrogens with two attached hydrogens (primary N) is 1. The van der Waals surface area contributed by atoms with Gasteiger partial charge in [-0.2, -0.15) is 4.39 Å². The third-order valence-corrected chi connectivity index (χ3v) is 2.56. The van der Waals surface area contributed by atoms with Gasteiger partial charge in [0.1, 0.15) is 0 Å². The van der Waals surface area contributed by atoms with Crippen molar-refractivity contribution in [2.24, 2.45) is 0 Å². The Labute approximate surface area is 116 Å². The third-order valence-electron chi connectivity index (χ3n) is 2.56. The maximum atomic E-state index is 13.6. The van der Waals surface area contributed by atoms with Gasteiger partial charge < -0.3 is 11.1 Å². The van der Waals surface area contributed by atoms with Crippen LogP contribution in [-0.2, 0) is 0 Å². The second-order valence-corrected chi connectivity index (χ2v) is 3.94. The van der Waals surface area contributed by atoms with Crippen LogP contribution in [0.1, 0.15) is 10.4 Å². The van der Waals surface area contributed by atoms with Gasteiger partial charge in [-0.3, -0.25) is 14.9 Å². The highest BCUT2D eigenvalue weighted by Crippen LogP contribution is 2.21. The number of pyridine rings is 1. The minimum absolute atomic E-state index is 0.0575. The van der Waals surface area contributed by atoms with Crippen molar-refractivity contribution in [2.45, 2.75) is 0 Å². The van der Waals surface area contributed by atoms with E-state index in [9.17, 15) is 23.7 Å². The number of aromatic nitrogens is 1. The van der Waals surface area contributed by atoms with Crippen LogP contribution >= 0.6 is 0 Å². The number of nitrogen functional groups attached to an aromatic ring is 1. The van der Waals surface area contributed by atoms with Crippen molar-refractivity contribution in [3.63, 3.8) is 0 Å². The monoisotopic (exact) mass is 294 g/mol. The maximum Gasteiger partial charge on any atom is 0.304 e. The molecule has 1 aromatic carbocycles. The number of nitrogens with zero attached hydrogens (tertiary/aromatic N) is 2. The van der Waals surface area contributed by atoms with Gasteiger partial charge in [-0.05, 0) is 12.1 Å². The summed E-state index contributed by atoms with van der Waals surface area (Å²) in [6, 6.07) is 3.88. The molecule has 0 aliphatic heterocycles. The fourth-order valence-electron chi connectivity index (χ4n) is 1.57. The molecule has 9 heteroatoms. The van der Waals surface area contributed by atoms with Crippen molar-refractivity contribution in [1.82, 2.24) is 4.98 Å². The third kappa shape index (κ3) is 2.91. The smallest absolute Gasteiger partial charge is 0.304 e. The van der Waals surface area contributed by atoms with Crippen LogP contribution in [0.5, 0.6) is 0 Å². The molecule has 1 amide bonds. The highest BCUT2D eigenvalue weighted by molar-refractivity contribution is 6.04. The summed E-state index contributed by atoms with van der Waals surface area (Å²) in [5.41, 5.74) is 4.07. The minimum Gasteiger partial charge on any atom is -0.381 e. The first kappa shape index (κ1) is 14.3. The first-order valence-corrected chi connectivity index (χ1v) is 5.55. The number of nitrogens with one attached hydrogen (secondary N) is 1. The highest BCUT2D eigenvalue weighted by Gasteiger charge is 2.17. The molecular weight excluding hydrogens is 286 g/mol. The van der Waals surface area contributed by atoms with Gasteiger partial charge in [-0.25, -0.2) is 9.37 Å². The molecule has 2 aromatic rings. The molecule has 0 atom stereocenters. The van der Waals surface area contributed by atoms with Crippen molar-refractivity contribution >= 4 is 23.1 Å². The van der Waals surface area contributed by atoms with Crippen molar-refractivity contribution in [3.8, 4) is 0 Å². The Bertz CT molecular complexity index is 736.